The van der Waals surface area contributed by atoms with Crippen molar-refractivity contribution in [2.75, 3.05) is 7.11 Å². The molecule has 0 aromatic heterocycles. The normalized spacial score (nSPS) is 10.5. The van der Waals surface area contributed by atoms with Gasteiger partial charge in [-0.15, -0.1) is 29.8 Å². The smallest absolute Gasteiger partial charge is 0.00506 e. The summed E-state index contributed by atoms with van der Waals surface area (Å²) >= 11 is 0. The summed E-state index contributed by atoms with van der Waals surface area (Å²) in [5.41, 5.74) is 1.95. The molecule has 3 aromatic rings. The van der Waals surface area contributed by atoms with Crippen LogP contribution in [0.25, 0.3) is 5.76 Å². The Morgan fingerprint density at radius 2 is 1.15 bits per heavy atom. The van der Waals surface area contributed by atoms with E-state index in [2.05, 4.69) is 19.4 Å². The van der Waals surface area contributed by atoms with Gasteiger partial charge in [-0.1, -0.05) is 72.3 Å². The van der Waals surface area contributed by atoms with E-state index >= 15 is 0 Å². The maximum Gasteiger partial charge on any atom is 0.00506 e. The van der Waals surface area contributed by atoms with Crippen molar-refractivity contribution in [1.29, 1.82) is 0 Å². The Balaban J connectivity index is 0.000000878. The molecule has 1 aliphatic rings. The molecule has 1 aliphatic carbocycles. The van der Waals surface area contributed by atoms with Crippen LogP contribution in [0, 0.1) is 25.8 Å². The predicted octanol–water partition coefficient (Wildman–Crippen LogP) is 6.21. The van der Waals surface area contributed by atoms with E-state index in [1.165, 1.54) is 0 Å². The van der Waals surface area contributed by atoms with Crippen molar-refractivity contribution in [2.24, 2.45) is 0 Å². The number of hydrogen-bond donors (Lipinski definition) is 0. The first-order chi connectivity index (χ1) is 15.8. The monoisotopic (exact) mass is 478 g/mol. The van der Waals surface area contributed by atoms with Gasteiger partial charge in [-0.05, 0) is 24.3 Å². The molecule has 1 radical (unpaired) electrons. The number of ether oxygens (including phenoxy) is 2. The molecule has 3 aromatic carbocycles. The minimum Gasteiger partial charge on any atom is -0.0767 e. The molecule has 0 fully saturated rings. The van der Waals surface area contributed by atoms with Crippen LogP contribution in [0.5, 0.6) is 11.5 Å². The zero-order chi connectivity index (χ0) is 23.4. The van der Waals surface area contributed by atoms with E-state index in [0.717, 1.165) is 22.6 Å². The topological polar surface area (TPSA) is 58.3 Å². The van der Waals surface area contributed by atoms with Crippen LogP contribution in [-0.4, -0.2) is 7.11 Å². The molecule has 0 unspecified atom stereocenters. The van der Waals surface area contributed by atoms with Crippen molar-refractivity contribution in [3.05, 3.63) is 146 Å². The molecule has 0 N–H and O–H groups in total. The molecule has 167 valence electrons. The molecule has 33 heavy (non-hydrogen) atoms. The van der Waals surface area contributed by atoms with Gasteiger partial charge in [0.1, 0.15) is 11.5 Å². The van der Waals surface area contributed by atoms with E-state index in [9.17, 15) is 0 Å². The summed E-state index contributed by atoms with van der Waals surface area (Å²) in [5, 5.41) is 0. The first kappa shape index (κ1) is 29.5. The van der Waals surface area contributed by atoms with E-state index in [1.807, 2.05) is 116 Å². The Labute approximate surface area is 206 Å². The van der Waals surface area contributed by atoms with Crippen LogP contribution in [0.3, 0.4) is 0 Å². The molecule has 0 atom stereocenters. The van der Waals surface area contributed by atoms with Gasteiger partial charge in [0.25, 0.3) is 0 Å². The van der Waals surface area contributed by atoms with E-state index in [-0.39, 0.29) is 17.1 Å². The number of methoxy groups -OCH3 is 1. The summed E-state index contributed by atoms with van der Waals surface area (Å²) in [6, 6.07) is 27.4. The van der Waals surface area contributed by atoms with E-state index in [1.54, 1.807) is 7.11 Å². The van der Waals surface area contributed by atoms with Crippen molar-refractivity contribution in [3.63, 3.8) is 0 Å². The van der Waals surface area contributed by atoms with E-state index in [0.29, 0.717) is 5.76 Å². The average Bonchev–Trinajstić information content (AvgIpc) is 3.48. The SMILES string of the molecule is COc1ccc(OC(=[C-]c2ccccc2)c2ccccc2)cc1.[C-]#[O+].[C-]#[O+].[CH]1C=CC=C1.[Fe]. The van der Waals surface area contributed by atoms with Gasteiger partial charge in [-0.2, -0.15) is 0 Å². The van der Waals surface area contributed by atoms with Gasteiger partial charge < -0.3 is 9.47 Å². The number of rotatable bonds is 5. The maximum atomic E-state index is 7.50. The molecule has 0 saturated carbocycles. The van der Waals surface area contributed by atoms with Gasteiger partial charge in [-0.3, -0.25) is 0 Å². The van der Waals surface area contributed by atoms with E-state index < -0.39 is 0 Å². The van der Waals surface area contributed by atoms with E-state index in [4.69, 9.17) is 18.8 Å². The average molecular weight is 478 g/mol. The molecule has 0 aliphatic heterocycles. The van der Waals surface area contributed by atoms with Gasteiger partial charge in [0.2, 0.25) is 0 Å². The second kappa shape index (κ2) is 19.2. The summed E-state index contributed by atoms with van der Waals surface area (Å²) < 4.78 is 26.2. The van der Waals surface area contributed by atoms with Crippen molar-refractivity contribution in [2.45, 2.75) is 0 Å². The molecule has 0 saturated heterocycles. The van der Waals surface area contributed by atoms with Crippen LogP contribution in [0.2, 0.25) is 0 Å². The molecule has 5 heteroatoms. The molecule has 0 heterocycles. The van der Waals surface area contributed by atoms with Crippen LogP contribution >= 0.6 is 0 Å². The van der Waals surface area contributed by atoms with Crippen LogP contribution in [0.4, 0.5) is 0 Å². The third-order valence-corrected chi connectivity index (χ3v) is 3.90. The second-order valence-electron chi connectivity index (χ2n) is 5.93. The fraction of sp³-hybridized carbons (Fsp3) is 0.0357. The Morgan fingerprint density at radius 1 is 0.667 bits per heavy atom. The van der Waals surface area contributed by atoms with Crippen LogP contribution in [-0.2, 0) is 26.4 Å². The van der Waals surface area contributed by atoms with Gasteiger partial charge in [0, 0.05) is 23.5 Å². The summed E-state index contributed by atoms with van der Waals surface area (Å²) in [5.74, 6) is 2.23. The number of hydrogen-bond acceptors (Lipinski definition) is 2. The first-order valence-corrected chi connectivity index (χ1v) is 9.49. The fourth-order valence-corrected chi connectivity index (χ4v) is 2.48. The van der Waals surface area contributed by atoms with Gasteiger partial charge in [-0.25, -0.2) is 0 Å². The zero-order valence-electron chi connectivity index (χ0n) is 18.0. The van der Waals surface area contributed by atoms with Crippen molar-refractivity contribution in [3.8, 4) is 11.5 Å². The third kappa shape index (κ3) is 11.6. The Morgan fingerprint density at radius 3 is 1.61 bits per heavy atom. The van der Waals surface area contributed by atoms with Crippen LogP contribution in [0.1, 0.15) is 11.1 Å². The zero-order valence-corrected chi connectivity index (χ0v) is 19.1. The van der Waals surface area contributed by atoms with Crippen molar-refractivity contribution >= 4 is 5.76 Å². The second-order valence-corrected chi connectivity index (χ2v) is 5.93. The standard InChI is InChI=1S/C21H17O2.C5H5.2CO.Fe/c1-22-19-12-14-20(15-13-19)23-21(18-10-6-3-7-11-18)16-17-8-4-2-5-9-17;1-2-4-5-3-1;2*1-2;/h2-15H,1H3;1-5H;;;/q-1;;;;. The van der Waals surface area contributed by atoms with Gasteiger partial charge >= 0.3 is 22.6 Å². The Kier molecular flexibility index (Phi) is 17.1. The number of benzene rings is 3. The molecular weight excluding hydrogens is 456 g/mol. The summed E-state index contributed by atoms with van der Waals surface area (Å²) in [7, 11) is 1.65. The first-order valence-electron chi connectivity index (χ1n) is 9.49. The fourth-order valence-electron chi connectivity index (χ4n) is 2.48. The Hall–Kier alpha value is -3.52. The Bertz CT molecular complexity index is 1000. The summed E-state index contributed by atoms with van der Waals surface area (Å²) in [6.07, 6.45) is 13.3. The maximum absolute atomic E-state index is 7.50. The third-order valence-electron chi connectivity index (χ3n) is 3.90. The molecular formula is C28H22FeO4-. The van der Waals surface area contributed by atoms with Gasteiger partial charge in [0.15, 0.2) is 0 Å². The van der Waals surface area contributed by atoms with Crippen molar-refractivity contribution < 1.29 is 35.8 Å². The van der Waals surface area contributed by atoms with Gasteiger partial charge in [0.05, 0.1) is 12.9 Å². The minimum absolute atomic E-state index is 0. The largest absolute Gasteiger partial charge is 0.0767 e. The molecule has 4 nitrogen and oxygen atoms in total. The van der Waals surface area contributed by atoms with Crippen LogP contribution < -0.4 is 9.47 Å². The summed E-state index contributed by atoms with van der Waals surface area (Å²) in [4.78, 5) is 0. The molecule has 0 spiro atoms. The summed E-state index contributed by atoms with van der Waals surface area (Å²) in [6.45, 7) is 9.00. The van der Waals surface area contributed by atoms with Crippen molar-refractivity contribution in [1.82, 2.24) is 0 Å². The minimum atomic E-state index is 0. The molecule has 0 amide bonds. The molecule has 0 bridgehead atoms. The van der Waals surface area contributed by atoms with Crippen LogP contribution in [0.15, 0.2) is 109 Å². The molecule has 4 rings (SSSR count). The quantitative estimate of drug-likeness (QED) is 0.144. The number of allylic oxidation sites excluding steroid dienone is 4. The predicted molar refractivity (Wildman–Crippen MR) is 123 cm³/mol.